The Morgan fingerprint density at radius 2 is 1.89 bits per heavy atom. The van der Waals surface area contributed by atoms with E-state index in [1.54, 1.807) is 18.2 Å². The maximum Gasteiger partial charge on any atom is 0.338 e. The van der Waals surface area contributed by atoms with E-state index in [0.717, 1.165) is 48.4 Å². The van der Waals surface area contributed by atoms with Crippen molar-refractivity contribution in [2.24, 2.45) is 5.92 Å². The Morgan fingerprint density at radius 1 is 1.14 bits per heavy atom. The Hall–Kier alpha value is -3.32. The number of carboxylic acids is 1. The van der Waals surface area contributed by atoms with Crippen LogP contribution < -0.4 is 9.46 Å². The fraction of sp³-hybridized carbons (Fsp3) is 0.300. The number of allylic oxidation sites excluding steroid dienone is 2. The highest BCUT2D eigenvalue weighted by molar-refractivity contribution is 8.00. The molecule has 3 aromatic carbocycles. The first kappa shape index (κ1) is 26.7. The van der Waals surface area contributed by atoms with Gasteiger partial charge in [-0.2, -0.15) is 0 Å². The van der Waals surface area contributed by atoms with Crippen molar-refractivity contribution in [3.05, 3.63) is 83.4 Å². The summed E-state index contributed by atoms with van der Waals surface area (Å²) in [7, 11) is 1.35. The van der Waals surface area contributed by atoms with Gasteiger partial charge in [0.25, 0.3) is 0 Å². The normalized spacial score (nSPS) is 15.2. The molecule has 37 heavy (non-hydrogen) atoms. The summed E-state index contributed by atoms with van der Waals surface area (Å²) in [5, 5.41) is 9.12. The van der Waals surface area contributed by atoms with Crippen LogP contribution in [0.5, 0.6) is 5.75 Å². The minimum atomic E-state index is -1.39. The van der Waals surface area contributed by atoms with Crippen LogP contribution in [0.3, 0.4) is 0 Å². The van der Waals surface area contributed by atoms with Crippen LogP contribution in [0.15, 0.2) is 65.6 Å². The molecule has 1 aliphatic carbocycles. The second-order valence-corrected chi connectivity index (χ2v) is 10.1. The molecule has 0 fully saturated rings. The number of unbranched alkanes of at least 4 members (excludes halogenated alkanes) is 1. The zero-order chi connectivity index (χ0) is 26.4. The lowest BCUT2D eigenvalue weighted by molar-refractivity contribution is 0.0691. The molecule has 4 rings (SSSR count). The molecule has 1 aliphatic rings. The topological polar surface area (TPSA) is 58.6 Å². The van der Waals surface area contributed by atoms with E-state index in [-0.39, 0.29) is 11.4 Å². The molecule has 2 N–H and O–H groups in total. The number of nitrogens with one attached hydrogen (secondary N) is 1. The van der Waals surface area contributed by atoms with E-state index in [4.69, 9.17) is 9.84 Å². The van der Waals surface area contributed by atoms with Gasteiger partial charge in [-0.15, -0.1) is 0 Å². The van der Waals surface area contributed by atoms with Crippen LogP contribution in [0.1, 0.15) is 61.4 Å². The lowest BCUT2D eigenvalue weighted by Gasteiger charge is -2.22. The fourth-order valence-corrected chi connectivity index (χ4v) is 5.38. The van der Waals surface area contributed by atoms with Crippen molar-refractivity contribution in [1.82, 2.24) is 0 Å². The van der Waals surface area contributed by atoms with Gasteiger partial charge in [-0.25, -0.2) is 13.6 Å². The fourth-order valence-electron chi connectivity index (χ4n) is 4.66. The van der Waals surface area contributed by atoms with Crippen molar-refractivity contribution in [2.75, 3.05) is 11.8 Å². The summed E-state index contributed by atoms with van der Waals surface area (Å²) in [6.45, 7) is 2.24. The Morgan fingerprint density at radius 3 is 2.54 bits per heavy atom. The number of halogens is 2. The summed E-state index contributed by atoms with van der Waals surface area (Å²) in [5.41, 5.74) is 3.50. The first-order valence-corrected chi connectivity index (χ1v) is 13.3. The van der Waals surface area contributed by atoms with Crippen LogP contribution in [0, 0.1) is 17.6 Å². The quantitative estimate of drug-likeness (QED) is 0.260. The van der Waals surface area contributed by atoms with E-state index in [1.807, 2.05) is 12.1 Å². The first-order chi connectivity index (χ1) is 17.9. The van der Waals surface area contributed by atoms with Crippen molar-refractivity contribution in [3.63, 3.8) is 0 Å². The Kier molecular flexibility index (Phi) is 8.87. The van der Waals surface area contributed by atoms with Crippen molar-refractivity contribution >= 4 is 29.2 Å². The second kappa shape index (κ2) is 12.3. The Labute approximate surface area is 220 Å². The number of hydrogen-bond donors (Lipinski definition) is 2. The molecule has 194 valence electrons. The lowest BCUT2D eigenvalue weighted by Crippen LogP contribution is -2.05. The van der Waals surface area contributed by atoms with E-state index in [9.17, 15) is 9.18 Å². The average Bonchev–Trinajstić information content (AvgIpc) is 2.91. The van der Waals surface area contributed by atoms with Crippen molar-refractivity contribution in [1.29, 1.82) is 0 Å². The molecule has 3 aromatic rings. The number of ether oxygens (including phenoxy) is 1. The molecule has 0 amide bonds. The zero-order valence-corrected chi connectivity index (χ0v) is 21.8. The lowest BCUT2D eigenvalue weighted by atomic mass is 9.84. The van der Waals surface area contributed by atoms with Crippen LogP contribution in [-0.2, 0) is 0 Å². The molecule has 0 saturated heterocycles. The van der Waals surface area contributed by atoms with Crippen molar-refractivity contribution in [3.8, 4) is 16.9 Å². The standard InChI is InChI=1S/C30H31F2NO3S/c1-3-4-6-19-9-11-20(12-10-19)21-13-15-22(16-14-21)23-7-5-8-28(29(23)32)37-33-26-18-25(31)24(30(34)35)17-27(26)36-2/h5,7-8,11,13-19,33H,3-4,6,9-10,12H2,1-2H3,(H,34,35). The van der Waals surface area contributed by atoms with Gasteiger partial charge in [-0.1, -0.05) is 68.7 Å². The molecular weight excluding hydrogens is 492 g/mol. The number of carbonyl (C=O) groups is 1. The van der Waals surface area contributed by atoms with Gasteiger partial charge in [-0.3, -0.25) is 0 Å². The minimum Gasteiger partial charge on any atom is -0.495 e. The number of hydrogen-bond acceptors (Lipinski definition) is 4. The summed E-state index contributed by atoms with van der Waals surface area (Å²) < 4.78 is 37.7. The minimum absolute atomic E-state index is 0.146. The van der Waals surface area contributed by atoms with Gasteiger partial charge in [0.15, 0.2) is 0 Å². The molecule has 4 nitrogen and oxygen atoms in total. The largest absolute Gasteiger partial charge is 0.495 e. The predicted octanol–water partition coefficient (Wildman–Crippen LogP) is 8.83. The maximum absolute atomic E-state index is 15.4. The van der Waals surface area contributed by atoms with Gasteiger partial charge in [0, 0.05) is 11.6 Å². The van der Waals surface area contributed by atoms with Crippen LogP contribution >= 0.6 is 11.9 Å². The highest BCUT2D eigenvalue weighted by Gasteiger charge is 2.18. The van der Waals surface area contributed by atoms with Gasteiger partial charge in [0.1, 0.15) is 17.4 Å². The SMILES string of the molecule is CCCCC1CC=C(c2ccc(-c3cccc(SNc4cc(F)c(C(=O)O)cc4OC)c3F)cc2)CC1. The van der Waals surface area contributed by atoms with E-state index in [0.29, 0.717) is 10.5 Å². The number of methoxy groups -OCH3 is 1. The summed E-state index contributed by atoms with van der Waals surface area (Å²) in [4.78, 5) is 11.5. The number of carboxylic acid groups (broad SMARTS) is 1. The molecule has 7 heteroatoms. The summed E-state index contributed by atoms with van der Waals surface area (Å²) in [5.74, 6) is -1.76. The Bertz CT molecular complexity index is 1290. The molecule has 0 heterocycles. The van der Waals surface area contributed by atoms with Crippen LogP contribution in [0.2, 0.25) is 0 Å². The highest BCUT2D eigenvalue weighted by atomic mass is 32.2. The molecule has 1 unspecified atom stereocenters. The van der Waals surface area contributed by atoms with Crippen LogP contribution in [0.4, 0.5) is 14.5 Å². The third-order valence-electron chi connectivity index (χ3n) is 6.81. The molecule has 0 spiro atoms. The van der Waals surface area contributed by atoms with E-state index in [1.165, 1.54) is 43.9 Å². The van der Waals surface area contributed by atoms with Crippen LogP contribution in [0.25, 0.3) is 16.7 Å². The molecular formula is C30H31F2NO3S. The molecule has 0 radical (unpaired) electrons. The third-order valence-corrected chi connectivity index (χ3v) is 7.66. The smallest absolute Gasteiger partial charge is 0.338 e. The van der Waals surface area contributed by atoms with Gasteiger partial charge in [0.2, 0.25) is 0 Å². The molecule has 0 aliphatic heterocycles. The average molecular weight is 524 g/mol. The van der Waals surface area contributed by atoms with Gasteiger partial charge in [-0.05, 0) is 66.0 Å². The van der Waals surface area contributed by atoms with E-state index in [2.05, 4.69) is 29.9 Å². The monoisotopic (exact) mass is 523 g/mol. The van der Waals surface area contributed by atoms with Crippen molar-refractivity contribution in [2.45, 2.75) is 50.3 Å². The number of benzene rings is 3. The summed E-state index contributed by atoms with van der Waals surface area (Å²) in [6, 6.07) is 15.3. The molecule has 1 atom stereocenters. The van der Waals surface area contributed by atoms with Crippen molar-refractivity contribution < 1.29 is 23.4 Å². The highest BCUT2D eigenvalue weighted by Crippen LogP contribution is 2.36. The van der Waals surface area contributed by atoms with Crippen LogP contribution in [-0.4, -0.2) is 18.2 Å². The Balaban J connectivity index is 1.48. The number of rotatable bonds is 10. The maximum atomic E-state index is 15.4. The third kappa shape index (κ3) is 6.34. The van der Waals surface area contributed by atoms with Gasteiger partial charge < -0.3 is 14.6 Å². The van der Waals surface area contributed by atoms with Gasteiger partial charge >= 0.3 is 5.97 Å². The molecule has 0 bridgehead atoms. The first-order valence-electron chi connectivity index (χ1n) is 12.5. The second-order valence-electron chi connectivity index (χ2n) is 9.25. The molecule has 0 aromatic heterocycles. The zero-order valence-electron chi connectivity index (χ0n) is 21.0. The number of aromatic carboxylic acids is 1. The van der Waals surface area contributed by atoms with Gasteiger partial charge in [0.05, 0.1) is 23.3 Å². The van der Waals surface area contributed by atoms with E-state index >= 15 is 4.39 Å². The van der Waals surface area contributed by atoms with E-state index < -0.39 is 23.2 Å². The summed E-state index contributed by atoms with van der Waals surface area (Å²) >= 11 is 0.965. The molecule has 0 saturated carbocycles. The summed E-state index contributed by atoms with van der Waals surface area (Å²) in [6.07, 6.45) is 9.64. The predicted molar refractivity (Wildman–Crippen MR) is 146 cm³/mol. The number of anilines is 1.